The monoisotopic (exact) mass is 230 g/mol. The summed E-state index contributed by atoms with van der Waals surface area (Å²) in [6.07, 6.45) is 0. The maximum absolute atomic E-state index is 7.00. The highest BCUT2D eigenvalue weighted by Crippen LogP contribution is 2.27. The molecule has 1 aromatic heterocycles. The molecule has 0 unspecified atom stereocenters. The number of fused-ring (bicyclic) bond motifs is 1. The lowest BCUT2D eigenvalue weighted by Crippen LogP contribution is -1.85. The number of pyridine rings is 1. The number of hydrogen-bond acceptors (Lipinski definition) is 2. The number of aromatic nitrogens is 1. The number of halogens is 2. The van der Waals surface area contributed by atoms with Gasteiger partial charge >= 0.3 is 0 Å². The van der Waals surface area contributed by atoms with Gasteiger partial charge in [-0.25, -0.2) is 4.98 Å². The Hall–Kier alpha value is -0.990. The molecular weight excluding hydrogens is 221 g/mol. The van der Waals surface area contributed by atoms with E-state index in [0.29, 0.717) is 15.9 Å². The summed E-state index contributed by atoms with van der Waals surface area (Å²) < 4.78 is 25.8. The molecule has 1 heterocycles. The Balaban J connectivity index is 2.50. The Labute approximate surface area is 95.6 Å². The van der Waals surface area contributed by atoms with Crippen LogP contribution in [0.5, 0.6) is 5.75 Å². The van der Waals surface area contributed by atoms with Crippen molar-refractivity contribution in [1.29, 1.82) is 0 Å². The molecular formula is C10H7Cl2NO. The highest BCUT2D eigenvalue weighted by atomic mass is 35.5. The van der Waals surface area contributed by atoms with E-state index in [1.54, 1.807) is 6.07 Å². The summed E-state index contributed by atoms with van der Waals surface area (Å²) >= 11 is 11.7. The smallest absolute Gasteiger partial charge is 0.131 e. The van der Waals surface area contributed by atoms with E-state index in [-0.39, 0.29) is 10.9 Å². The minimum Gasteiger partial charge on any atom is -0.497 e. The van der Waals surface area contributed by atoms with Crippen molar-refractivity contribution in [3.63, 3.8) is 0 Å². The number of nitrogens with zero attached hydrogens (tertiary/aromatic N) is 1. The van der Waals surface area contributed by atoms with E-state index >= 15 is 0 Å². The van der Waals surface area contributed by atoms with Crippen molar-refractivity contribution in [2.45, 2.75) is 0 Å². The standard InChI is InChI=1S/C10H7Cl2NO/c1-14-6-2-3-7-8(11)5-10(12)13-9(7)4-6/h2-5H,1H3/i1D3. The molecule has 2 rings (SSSR count). The maximum atomic E-state index is 7.00. The average molecular weight is 231 g/mol. The van der Waals surface area contributed by atoms with Crippen LogP contribution in [0.1, 0.15) is 4.11 Å². The van der Waals surface area contributed by atoms with Gasteiger partial charge in [0.25, 0.3) is 0 Å². The minimum absolute atomic E-state index is 0.198. The fourth-order valence-electron chi connectivity index (χ4n) is 1.20. The Bertz CT molecular complexity index is 571. The van der Waals surface area contributed by atoms with Gasteiger partial charge in [-0.15, -0.1) is 0 Å². The Morgan fingerprint density at radius 2 is 2.21 bits per heavy atom. The van der Waals surface area contributed by atoms with E-state index in [1.165, 1.54) is 18.2 Å². The molecule has 0 bridgehead atoms. The summed E-state index contributed by atoms with van der Waals surface area (Å²) in [6, 6.07) is 6.17. The minimum atomic E-state index is -2.49. The molecule has 72 valence electrons. The third-order valence-corrected chi connectivity index (χ3v) is 2.32. The van der Waals surface area contributed by atoms with Crippen LogP contribution in [0.2, 0.25) is 10.2 Å². The second-order valence-electron chi connectivity index (χ2n) is 2.71. The molecule has 0 radical (unpaired) electrons. The average Bonchev–Trinajstić information content (AvgIpc) is 2.13. The van der Waals surface area contributed by atoms with Crippen LogP contribution in [0.4, 0.5) is 0 Å². The zero-order valence-electron chi connectivity index (χ0n) is 9.92. The zero-order chi connectivity index (χ0) is 12.6. The predicted octanol–water partition coefficient (Wildman–Crippen LogP) is 3.55. The Morgan fingerprint density at radius 1 is 1.36 bits per heavy atom. The lowest BCUT2D eigenvalue weighted by atomic mass is 10.2. The van der Waals surface area contributed by atoms with Crippen LogP contribution in [0.25, 0.3) is 10.9 Å². The largest absolute Gasteiger partial charge is 0.497 e. The lowest BCUT2D eigenvalue weighted by Gasteiger charge is -2.03. The van der Waals surface area contributed by atoms with Crippen LogP contribution in [0.3, 0.4) is 0 Å². The van der Waals surface area contributed by atoms with Gasteiger partial charge in [0.15, 0.2) is 0 Å². The van der Waals surface area contributed by atoms with Crippen molar-refractivity contribution in [2.75, 3.05) is 7.04 Å². The van der Waals surface area contributed by atoms with Gasteiger partial charge in [-0.1, -0.05) is 23.2 Å². The van der Waals surface area contributed by atoms with Crippen molar-refractivity contribution < 1.29 is 8.85 Å². The fourth-order valence-corrected chi connectivity index (χ4v) is 1.72. The van der Waals surface area contributed by atoms with Crippen LogP contribution < -0.4 is 4.74 Å². The quantitative estimate of drug-likeness (QED) is 0.700. The van der Waals surface area contributed by atoms with Gasteiger partial charge in [-0.3, -0.25) is 0 Å². The number of benzene rings is 1. The molecule has 0 amide bonds. The molecule has 2 nitrogen and oxygen atoms in total. The van der Waals surface area contributed by atoms with Crippen molar-refractivity contribution in [3.05, 3.63) is 34.4 Å². The van der Waals surface area contributed by atoms with Gasteiger partial charge in [0.1, 0.15) is 10.9 Å². The summed E-state index contributed by atoms with van der Waals surface area (Å²) in [6.45, 7) is 0. The highest BCUT2D eigenvalue weighted by Gasteiger charge is 2.03. The number of hydrogen-bond donors (Lipinski definition) is 0. The summed E-state index contributed by atoms with van der Waals surface area (Å²) in [5.41, 5.74) is 0.490. The van der Waals surface area contributed by atoms with E-state index in [2.05, 4.69) is 4.98 Å². The van der Waals surface area contributed by atoms with Gasteiger partial charge in [0.2, 0.25) is 0 Å². The third-order valence-electron chi connectivity index (χ3n) is 1.82. The molecule has 1 aromatic carbocycles. The summed E-state index contributed by atoms with van der Waals surface area (Å²) in [7, 11) is -2.49. The summed E-state index contributed by atoms with van der Waals surface area (Å²) in [5, 5.41) is 1.39. The molecule has 2 aromatic rings. The van der Waals surface area contributed by atoms with Crippen LogP contribution >= 0.6 is 23.2 Å². The van der Waals surface area contributed by atoms with E-state index in [0.717, 1.165) is 0 Å². The Morgan fingerprint density at radius 3 is 3.00 bits per heavy atom. The first-order valence-electron chi connectivity index (χ1n) is 5.30. The van der Waals surface area contributed by atoms with Gasteiger partial charge in [0.05, 0.1) is 21.7 Å². The molecule has 0 aliphatic carbocycles. The topological polar surface area (TPSA) is 22.1 Å². The lowest BCUT2D eigenvalue weighted by molar-refractivity contribution is 0.415. The predicted molar refractivity (Wildman–Crippen MR) is 58.3 cm³/mol. The molecule has 0 aliphatic heterocycles. The highest BCUT2D eigenvalue weighted by molar-refractivity contribution is 6.37. The number of rotatable bonds is 1. The first kappa shape index (κ1) is 6.49. The van der Waals surface area contributed by atoms with Crippen molar-refractivity contribution in [2.24, 2.45) is 0 Å². The summed E-state index contributed by atoms with van der Waals surface area (Å²) in [5.74, 6) is 0.198. The number of methoxy groups -OCH3 is 1. The molecule has 0 saturated heterocycles. The fraction of sp³-hybridized carbons (Fsp3) is 0.100. The maximum Gasteiger partial charge on any atom is 0.131 e. The third kappa shape index (κ3) is 1.63. The molecule has 0 saturated carbocycles. The summed E-state index contributed by atoms with van der Waals surface area (Å²) in [4.78, 5) is 4.04. The second-order valence-corrected chi connectivity index (χ2v) is 3.50. The molecule has 0 aliphatic rings. The van der Waals surface area contributed by atoms with Gasteiger partial charge < -0.3 is 4.74 Å². The molecule has 0 atom stereocenters. The first-order chi connectivity index (χ1) is 7.85. The van der Waals surface area contributed by atoms with Crippen molar-refractivity contribution in [1.82, 2.24) is 4.98 Å². The molecule has 14 heavy (non-hydrogen) atoms. The van der Waals surface area contributed by atoms with Crippen LogP contribution in [0, 0.1) is 0 Å². The van der Waals surface area contributed by atoms with E-state index in [4.69, 9.17) is 32.1 Å². The van der Waals surface area contributed by atoms with Gasteiger partial charge in [0, 0.05) is 11.5 Å². The second kappa shape index (κ2) is 3.64. The molecule has 4 heteroatoms. The SMILES string of the molecule is [2H]C([2H])([2H])Oc1ccc2c(Cl)cc(Cl)nc2c1. The number of ether oxygens (including phenoxy) is 1. The molecule has 0 fully saturated rings. The van der Waals surface area contributed by atoms with Crippen molar-refractivity contribution in [3.8, 4) is 5.75 Å². The van der Waals surface area contributed by atoms with Gasteiger partial charge in [-0.05, 0) is 18.2 Å². The Kier molecular flexibility index (Phi) is 1.68. The normalized spacial score (nSPS) is 14.6. The van der Waals surface area contributed by atoms with Crippen molar-refractivity contribution >= 4 is 34.1 Å². The van der Waals surface area contributed by atoms with Crippen LogP contribution in [-0.4, -0.2) is 12.0 Å². The van der Waals surface area contributed by atoms with E-state index in [1.807, 2.05) is 0 Å². The van der Waals surface area contributed by atoms with Gasteiger partial charge in [-0.2, -0.15) is 0 Å². The molecule has 0 spiro atoms. The zero-order valence-corrected chi connectivity index (χ0v) is 8.43. The van der Waals surface area contributed by atoms with Crippen LogP contribution in [0.15, 0.2) is 24.3 Å². The molecule has 0 N–H and O–H groups in total. The van der Waals surface area contributed by atoms with E-state index < -0.39 is 7.04 Å². The van der Waals surface area contributed by atoms with E-state index in [9.17, 15) is 0 Å². The first-order valence-corrected chi connectivity index (χ1v) is 4.55. The van der Waals surface area contributed by atoms with Crippen LogP contribution in [-0.2, 0) is 0 Å².